The molecule has 4 unspecified atom stereocenters. The Kier molecular flexibility index (Phi) is 9.99. The molecule has 7 nitrogen and oxygen atoms in total. The first kappa shape index (κ1) is 31.3. The summed E-state index contributed by atoms with van der Waals surface area (Å²) in [5.74, 6) is 1.39. The number of anilines is 1. The molecule has 1 aromatic rings. The smallest absolute Gasteiger partial charge is 0.244 e. The number of ketones is 1. The maximum absolute atomic E-state index is 12.8. The SMILES string of the molecule is CC(=O)/C(N)=C1/C(=NCC(=O)N2CCN(c3cccc(C)c3C)CC2)CC2C(C)C12.CCCC1(CC)CCN(C)C1. The maximum atomic E-state index is 12.8. The summed E-state index contributed by atoms with van der Waals surface area (Å²) in [6, 6.07) is 6.38. The van der Waals surface area contributed by atoms with Crippen LogP contribution in [0.3, 0.4) is 0 Å². The Morgan fingerprint density at radius 2 is 1.80 bits per heavy atom. The number of hydrogen-bond donors (Lipinski definition) is 1. The molecule has 226 valence electrons. The van der Waals surface area contributed by atoms with E-state index < -0.39 is 0 Å². The van der Waals surface area contributed by atoms with Crippen LogP contribution >= 0.6 is 0 Å². The number of aliphatic imine (C=N–C) groups is 1. The zero-order valence-electron chi connectivity index (χ0n) is 26.6. The van der Waals surface area contributed by atoms with Crippen LogP contribution in [0.25, 0.3) is 0 Å². The average molecular weight is 564 g/mol. The number of carbonyl (C=O) groups excluding carboxylic acids is 2. The third-order valence-corrected chi connectivity index (χ3v) is 10.4. The summed E-state index contributed by atoms with van der Waals surface area (Å²) in [6.45, 7) is 18.5. The Morgan fingerprint density at radius 1 is 1.10 bits per heavy atom. The number of hydrogen-bond acceptors (Lipinski definition) is 6. The molecule has 0 bridgehead atoms. The molecule has 4 fully saturated rings. The van der Waals surface area contributed by atoms with Crippen molar-refractivity contribution in [1.82, 2.24) is 9.80 Å². The van der Waals surface area contributed by atoms with Gasteiger partial charge in [-0.25, -0.2) is 0 Å². The van der Waals surface area contributed by atoms with Crippen molar-refractivity contribution in [3.63, 3.8) is 0 Å². The fourth-order valence-corrected chi connectivity index (χ4v) is 7.43. The Balaban J connectivity index is 0.000000296. The van der Waals surface area contributed by atoms with Crippen molar-refractivity contribution in [2.45, 2.75) is 73.6 Å². The number of carbonyl (C=O) groups is 2. The molecule has 2 heterocycles. The number of nitrogens with zero attached hydrogens (tertiary/aromatic N) is 4. The van der Waals surface area contributed by atoms with E-state index in [1.165, 1.54) is 62.5 Å². The minimum absolute atomic E-state index is 0.0532. The standard InChI is InChI=1S/C24H32N4O2.C10H21N/c1-14-6-5-7-20(15(14)2)27-8-10-28(11-9-27)21(30)13-26-19-12-18-16(3)22(18)23(19)24(25)17(4)29;1-4-6-10(5-2)7-8-11(3)9-10/h5-7,16,18,22H,8-13,25H2,1-4H3;4-9H2,1-3H3/b24-23+,26-19?;. The van der Waals surface area contributed by atoms with Gasteiger partial charge in [0.25, 0.3) is 0 Å². The summed E-state index contributed by atoms with van der Waals surface area (Å²) in [5.41, 5.74) is 12.7. The number of fused-ring (bicyclic) bond motifs is 1. The molecule has 4 atom stereocenters. The zero-order valence-corrected chi connectivity index (χ0v) is 26.6. The third kappa shape index (κ3) is 6.87. The van der Waals surface area contributed by atoms with Crippen LogP contribution in [-0.2, 0) is 9.59 Å². The van der Waals surface area contributed by atoms with Crippen LogP contribution in [0.5, 0.6) is 0 Å². The molecule has 0 aromatic heterocycles. The Labute approximate surface area is 248 Å². The molecule has 0 radical (unpaired) electrons. The number of likely N-dealkylation sites (tertiary alicyclic amines) is 1. The van der Waals surface area contributed by atoms with E-state index in [1.807, 2.05) is 4.90 Å². The average Bonchev–Trinajstić information content (AvgIpc) is 3.26. The molecular weight excluding hydrogens is 510 g/mol. The van der Waals surface area contributed by atoms with Gasteiger partial charge in [0.2, 0.25) is 5.91 Å². The van der Waals surface area contributed by atoms with Crippen molar-refractivity contribution in [2.24, 2.45) is 33.9 Å². The van der Waals surface area contributed by atoms with Gasteiger partial charge in [0.15, 0.2) is 5.78 Å². The predicted molar refractivity (Wildman–Crippen MR) is 169 cm³/mol. The quantitative estimate of drug-likeness (QED) is 0.472. The second-order valence-electron chi connectivity index (χ2n) is 13.1. The highest BCUT2D eigenvalue weighted by molar-refractivity contribution is 6.11. The molecule has 7 heteroatoms. The molecule has 1 amide bonds. The lowest BCUT2D eigenvalue weighted by molar-refractivity contribution is -0.129. The minimum atomic E-state index is -0.105. The van der Waals surface area contributed by atoms with Crippen molar-refractivity contribution in [3.8, 4) is 0 Å². The number of amides is 1. The summed E-state index contributed by atoms with van der Waals surface area (Å²) in [6.07, 6.45) is 6.40. The first-order valence-corrected chi connectivity index (χ1v) is 15.8. The normalized spacial score (nSPS) is 29.7. The van der Waals surface area contributed by atoms with E-state index >= 15 is 0 Å². The summed E-state index contributed by atoms with van der Waals surface area (Å²) >= 11 is 0. The van der Waals surface area contributed by atoms with E-state index in [-0.39, 0.29) is 18.2 Å². The molecule has 0 spiro atoms. The molecule has 2 saturated carbocycles. The summed E-state index contributed by atoms with van der Waals surface area (Å²) in [4.78, 5) is 35.9. The van der Waals surface area contributed by atoms with Gasteiger partial charge in [0.1, 0.15) is 6.54 Å². The molecule has 2 saturated heterocycles. The lowest BCUT2D eigenvalue weighted by Gasteiger charge is -2.37. The van der Waals surface area contributed by atoms with Gasteiger partial charge >= 0.3 is 0 Å². The van der Waals surface area contributed by atoms with Crippen LogP contribution in [0.15, 0.2) is 34.5 Å². The zero-order chi connectivity index (χ0) is 29.9. The van der Waals surface area contributed by atoms with Crippen LogP contribution < -0.4 is 10.6 Å². The Morgan fingerprint density at radius 3 is 2.39 bits per heavy atom. The highest BCUT2D eigenvalue weighted by atomic mass is 16.2. The summed E-state index contributed by atoms with van der Waals surface area (Å²) < 4.78 is 0. The number of benzene rings is 1. The third-order valence-electron chi connectivity index (χ3n) is 10.4. The van der Waals surface area contributed by atoms with Crippen molar-refractivity contribution in [1.29, 1.82) is 0 Å². The number of nitrogens with two attached hydrogens (primary N) is 1. The van der Waals surface area contributed by atoms with Crippen LogP contribution in [0, 0.1) is 37.0 Å². The van der Waals surface area contributed by atoms with E-state index in [9.17, 15) is 9.59 Å². The molecule has 2 aliphatic carbocycles. The van der Waals surface area contributed by atoms with Crippen LogP contribution in [0.2, 0.25) is 0 Å². The van der Waals surface area contributed by atoms with E-state index in [2.05, 4.69) is 74.7 Å². The Bertz CT molecular complexity index is 1180. The largest absolute Gasteiger partial charge is 0.396 e. The maximum Gasteiger partial charge on any atom is 0.244 e. The molecule has 41 heavy (non-hydrogen) atoms. The first-order valence-electron chi connectivity index (χ1n) is 15.8. The lowest BCUT2D eigenvalue weighted by atomic mass is 9.80. The van der Waals surface area contributed by atoms with E-state index in [4.69, 9.17) is 5.73 Å². The van der Waals surface area contributed by atoms with Gasteiger partial charge < -0.3 is 20.4 Å². The number of piperazine rings is 1. The van der Waals surface area contributed by atoms with Gasteiger partial charge in [-0.15, -0.1) is 0 Å². The number of rotatable bonds is 7. The number of Topliss-reactive ketones (excluding diaryl/α,β-unsaturated/α-hetero) is 1. The van der Waals surface area contributed by atoms with Gasteiger partial charge in [-0.1, -0.05) is 39.3 Å². The van der Waals surface area contributed by atoms with Crippen LogP contribution in [-0.4, -0.2) is 80.1 Å². The molecule has 2 aliphatic heterocycles. The van der Waals surface area contributed by atoms with Crippen molar-refractivity contribution >= 4 is 23.1 Å². The molecular formula is C34H53N5O2. The molecule has 2 N–H and O–H groups in total. The van der Waals surface area contributed by atoms with Gasteiger partial charge in [-0.2, -0.15) is 0 Å². The van der Waals surface area contributed by atoms with Crippen LogP contribution in [0.4, 0.5) is 5.69 Å². The van der Waals surface area contributed by atoms with E-state index in [0.29, 0.717) is 42.0 Å². The monoisotopic (exact) mass is 563 g/mol. The predicted octanol–water partition coefficient (Wildman–Crippen LogP) is 5.00. The Hall–Kier alpha value is -2.67. The first-order chi connectivity index (χ1) is 19.5. The number of aryl methyl sites for hydroxylation is 1. The van der Waals surface area contributed by atoms with Crippen LogP contribution in [0.1, 0.15) is 70.9 Å². The van der Waals surface area contributed by atoms with Crippen molar-refractivity contribution < 1.29 is 9.59 Å². The number of allylic oxidation sites excluding steroid dienone is 2. The topological polar surface area (TPSA) is 82.2 Å². The molecule has 1 aromatic carbocycles. The minimum Gasteiger partial charge on any atom is -0.396 e. The van der Waals surface area contributed by atoms with Gasteiger partial charge in [0, 0.05) is 56.6 Å². The summed E-state index contributed by atoms with van der Waals surface area (Å²) in [7, 11) is 2.24. The second kappa shape index (κ2) is 13.1. The lowest BCUT2D eigenvalue weighted by Crippen LogP contribution is -2.49. The van der Waals surface area contributed by atoms with Gasteiger partial charge in [-0.05, 0) is 93.5 Å². The summed E-state index contributed by atoms with van der Waals surface area (Å²) in [5, 5.41) is 0. The van der Waals surface area contributed by atoms with Crippen molar-refractivity contribution in [3.05, 3.63) is 40.6 Å². The molecule has 4 aliphatic rings. The molecule has 5 rings (SSSR count). The highest BCUT2D eigenvalue weighted by Gasteiger charge is 2.56. The second-order valence-corrected chi connectivity index (χ2v) is 13.1. The van der Waals surface area contributed by atoms with Crippen molar-refractivity contribution in [2.75, 3.05) is 57.8 Å². The highest BCUT2D eigenvalue weighted by Crippen LogP contribution is 2.59. The van der Waals surface area contributed by atoms with Gasteiger partial charge in [-0.3, -0.25) is 14.6 Å². The fourth-order valence-electron chi connectivity index (χ4n) is 7.43. The van der Waals surface area contributed by atoms with Gasteiger partial charge in [0.05, 0.1) is 5.70 Å². The van der Waals surface area contributed by atoms with E-state index in [1.54, 1.807) is 0 Å². The van der Waals surface area contributed by atoms with E-state index in [0.717, 1.165) is 30.8 Å². The fraction of sp³-hybridized carbons (Fsp3) is 0.676.